The van der Waals surface area contributed by atoms with E-state index in [0.717, 1.165) is 26.3 Å². The van der Waals surface area contributed by atoms with Gasteiger partial charge in [-0.2, -0.15) is 0 Å². The molecule has 3 heteroatoms. The van der Waals surface area contributed by atoms with Crippen molar-refractivity contribution in [3.63, 3.8) is 0 Å². The van der Waals surface area contributed by atoms with Gasteiger partial charge in [0.05, 0.1) is 13.2 Å². The Hall–Kier alpha value is -0.120. The molecule has 1 saturated heterocycles. The largest absolute Gasteiger partial charge is 0.379 e. The first kappa shape index (κ1) is 9.44. The first-order valence-electron chi connectivity index (χ1n) is 5.30. The third kappa shape index (κ3) is 2.22. The van der Waals surface area contributed by atoms with Crippen LogP contribution in [0.15, 0.2) is 0 Å². The van der Waals surface area contributed by atoms with Crippen LogP contribution < -0.4 is 5.43 Å². The van der Waals surface area contributed by atoms with Crippen molar-refractivity contribution < 1.29 is 4.74 Å². The topological polar surface area (TPSA) is 24.5 Å². The number of rotatable bonds is 3. The molecule has 1 saturated carbocycles. The van der Waals surface area contributed by atoms with Crippen molar-refractivity contribution in [2.45, 2.75) is 32.7 Å². The van der Waals surface area contributed by atoms with Crippen LogP contribution in [0.25, 0.3) is 0 Å². The van der Waals surface area contributed by atoms with E-state index in [0.29, 0.717) is 11.5 Å². The highest BCUT2D eigenvalue weighted by Gasteiger charge is 2.42. The normalized spacial score (nSPS) is 30.0. The summed E-state index contributed by atoms with van der Waals surface area (Å²) in [6.07, 6.45) is 2.76. The van der Waals surface area contributed by atoms with E-state index in [1.54, 1.807) is 0 Å². The molecule has 2 rings (SSSR count). The Morgan fingerprint density at radius 2 is 1.92 bits per heavy atom. The third-order valence-corrected chi connectivity index (χ3v) is 3.47. The fourth-order valence-electron chi connectivity index (χ4n) is 1.75. The average Bonchev–Trinajstić information content (AvgIpc) is 2.87. The molecule has 13 heavy (non-hydrogen) atoms. The van der Waals surface area contributed by atoms with Crippen LogP contribution in [0.1, 0.15) is 26.7 Å². The van der Waals surface area contributed by atoms with Gasteiger partial charge in [0.1, 0.15) is 0 Å². The smallest absolute Gasteiger partial charge is 0.0608 e. The minimum absolute atomic E-state index is 0.568. The minimum atomic E-state index is 0.568. The molecule has 1 aliphatic carbocycles. The second-order valence-electron chi connectivity index (χ2n) is 4.60. The molecule has 1 unspecified atom stereocenters. The Morgan fingerprint density at radius 1 is 1.31 bits per heavy atom. The summed E-state index contributed by atoms with van der Waals surface area (Å²) < 4.78 is 5.30. The second-order valence-corrected chi connectivity index (χ2v) is 4.60. The van der Waals surface area contributed by atoms with Crippen molar-refractivity contribution in [3.05, 3.63) is 0 Å². The number of ether oxygens (including phenoxy) is 1. The van der Waals surface area contributed by atoms with E-state index in [1.807, 2.05) is 0 Å². The summed E-state index contributed by atoms with van der Waals surface area (Å²) in [7, 11) is 0. The lowest BCUT2D eigenvalue weighted by atomic mass is 10.0. The lowest BCUT2D eigenvalue weighted by Gasteiger charge is -2.32. The zero-order chi connectivity index (χ0) is 9.31. The fourth-order valence-corrected chi connectivity index (χ4v) is 1.75. The van der Waals surface area contributed by atoms with Crippen molar-refractivity contribution in [2.75, 3.05) is 26.3 Å². The maximum absolute atomic E-state index is 5.30. The van der Waals surface area contributed by atoms with Crippen LogP contribution in [0.3, 0.4) is 0 Å². The summed E-state index contributed by atoms with van der Waals surface area (Å²) in [5.74, 6) is 0. The van der Waals surface area contributed by atoms with Crippen LogP contribution in [0.2, 0.25) is 0 Å². The number of hydrogen-bond acceptors (Lipinski definition) is 3. The van der Waals surface area contributed by atoms with Gasteiger partial charge in [0.15, 0.2) is 0 Å². The SMILES string of the molecule is CC(NN1CCOCC1)C1(C)CC1. The minimum Gasteiger partial charge on any atom is -0.379 e. The van der Waals surface area contributed by atoms with Crippen molar-refractivity contribution in [3.8, 4) is 0 Å². The maximum Gasteiger partial charge on any atom is 0.0608 e. The molecule has 0 aromatic heterocycles. The average molecular weight is 184 g/mol. The van der Waals surface area contributed by atoms with Crippen LogP contribution >= 0.6 is 0 Å². The van der Waals surface area contributed by atoms with Crippen LogP contribution in [0.5, 0.6) is 0 Å². The lowest BCUT2D eigenvalue weighted by Crippen LogP contribution is -2.51. The molecule has 1 heterocycles. The van der Waals surface area contributed by atoms with E-state index in [1.165, 1.54) is 12.8 Å². The van der Waals surface area contributed by atoms with Gasteiger partial charge in [0.25, 0.3) is 0 Å². The Morgan fingerprint density at radius 3 is 2.46 bits per heavy atom. The van der Waals surface area contributed by atoms with Crippen LogP contribution in [0.4, 0.5) is 0 Å². The van der Waals surface area contributed by atoms with Gasteiger partial charge in [-0.15, -0.1) is 0 Å². The molecule has 0 radical (unpaired) electrons. The summed E-state index contributed by atoms with van der Waals surface area (Å²) >= 11 is 0. The maximum atomic E-state index is 5.30. The predicted octanol–water partition coefficient (Wildman–Crippen LogP) is 1.01. The van der Waals surface area contributed by atoms with Gasteiger partial charge in [-0.25, -0.2) is 5.01 Å². The van der Waals surface area contributed by atoms with E-state index in [-0.39, 0.29) is 0 Å². The zero-order valence-electron chi connectivity index (χ0n) is 8.68. The fraction of sp³-hybridized carbons (Fsp3) is 1.00. The highest BCUT2D eigenvalue weighted by atomic mass is 16.5. The summed E-state index contributed by atoms with van der Waals surface area (Å²) in [4.78, 5) is 0. The summed E-state index contributed by atoms with van der Waals surface area (Å²) in [5, 5.41) is 2.30. The Balaban J connectivity index is 1.76. The van der Waals surface area contributed by atoms with Gasteiger partial charge in [-0.3, -0.25) is 5.43 Å². The molecular formula is C10H20N2O. The van der Waals surface area contributed by atoms with Crippen LogP contribution in [0, 0.1) is 5.41 Å². The monoisotopic (exact) mass is 184 g/mol. The standard InChI is InChI=1S/C10H20N2O/c1-9(10(2)3-4-10)11-12-5-7-13-8-6-12/h9,11H,3-8H2,1-2H3. The molecular weight excluding hydrogens is 164 g/mol. The molecule has 1 aliphatic heterocycles. The summed E-state index contributed by atoms with van der Waals surface area (Å²) in [5.41, 5.74) is 4.14. The highest BCUT2D eigenvalue weighted by molar-refractivity contribution is 4.96. The quantitative estimate of drug-likeness (QED) is 0.708. The second kappa shape index (κ2) is 3.56. The zero-order valence-corrected chi connectivity index (χ0v) is 8.68. The van der Waals surface area contributed by atoms with Crippen LogP contribution in [-0.2, 0) is 4.74 Å². The van der Waals surface area contributed by atoms with Crippen molar-refractivity contribution in [1.82, 2.24) is 10.4 Å². The van der Waals surface area contributed by atoms with E-state index < -0.39 is 0 Å². The van der Waals surface area contributed by atoms with Crippen molar-refractivity contribution in [2.24, 2.45) is 5.41 Å². The molecule has 0 bridgehead atoms. The number of nitrogens with zero attached hydrogens (tertiary/aromatic N) is 1. The molecule has 1 N–H and O–H groups in total. The van der Waals surface area contributed by atoms with Crippen LogP contribution in [-0.4, -0.2) is 37.4 Å². The molecule has 1 atom stereocenters. The molecule has 3 nitrogen and oxygen atoms in total. The highest BCUT2D eigenvalue weighted by Crippen LogP contribution is 2.47. The molecule has 0 spiro atoms. The van der Waals surface area contributed by atoms with E-state index in [4.69, 9.17) is 4.74 Å². The summed E-state index contributed by atoms with van der Waals surface area (Å²) in [6.45, 7) is 8.46. The lowest BCUT2D eigenvalue weighted by molar-refractivity contribution is -0.000834. The number of hydrazine groups is 1. The van der Waals surface area contributed by atoms with E-state index in [9.17, 15) is 0 Å². The first-order chi connectivity index (χ1) is 6.21. The Bertz CT molecular complexity index is 174. The summed E-state index contributed by atoms with van der Waals surface area (Å²) in [6, 6.07) is 0.616. The predicted molar refractivity (Wildman–Crippen MR) is 52.3 cm³/mol. The number of nitrogens with one attached hydrogen (secondary N) is 1. The van der Waals surface area contributed by atoms with Crippen molar-refractivity contribution in [1.29, 1.82) is 0 Å². The van der Waals surface area contributed by atoms with Gasteiger partial charge >= 0.3 is 0 Å². The first-order valence-corrected chi connectivity index (χ1v) is 5.30. The van der Waals surface area contributed by atoms with Gasteiger partial charge in [-0.05, 0) is 25.2 Å². The van der Waals surface area contributed by atoms with Gasteiger partial charge < -0.3 is 4.74 Å². The number of morpholine rings is 1. The number of hydrogen-bond donors (Lipinski definition) is 1. The third-order valence-electron chi connectivity index (χ3n) is 3.47. The molecule has 0 aromatic carbocycles. The molecule has 76 valence electrons. The van der Waals surface area contributed by atoms with Gasteiger partial charge in [0, 0.05) is 19.1 Å². The van der Waals surface area contributed by atoms with E-state index >= 15 is 0 Å². The van der Waals surface area contributed by atoms with E-state index in [2.05, 4.69) is 24.3 Å². The molecule has 0 amide bonds. The molecule has 0 aromatic rings. The Kier molecular flexibility index (Phi) is 2.58. The molecule has 2 fully saturated rings. The van der Waals surface area contributed by atoms with Gasteiger partial charge in [-0.1, -0.05) is 6.92 Å². The van der Waals surface area contributed by atoms with Crippen molar-refractivity contribution >= 4 is 0 Å². The Labute approximate surface area is 80.4 Å². The van der Waals surface area contributed by atoms with Gasteiger partial charge in [0.2, 0.25) is 0 Å². The molecule has 2 aliphatic rings.